The van der Waals surface area contributed by atoms with Crippen molar-refractivity contribution in [2.24, 2.45) is 0 Å². The molecule has 1 aliphatic heterocycles. The van der Waals surface area contributed by atoms with E-state index in [2.05, 4.69) is 40.7 Å². The summed E-state index contributed by atoms with van der Waals surface area (Å²) < 4.78 is 0. The molecule has 0 unspecified atom stereocenters. The van der Waals surface area contributed by atoms with Crippen LogP contribution in [-0.4, -0.2) is 53.1 Å². The number of hydrogen-bond donors (Lipinski definition) is 0. The first-order chi connectivity index (χ1) is 10.1. The second-order valence-electron chi connectivity index (χ2n) is 5.61. The molecule has 1 aliphatic rings. The zero-order valence-corrected chi connectivity index (χ0v) is 12.9. The summed E-state index contributed by atoms with van der Waals surface area (Å²) in [6.45, 7) is 8.34. The third-order valence-electron chi connectivity index (χ3n) is 4.09. The summed E-state index contributed by atoms with van der Waals surface area (Å²) in [6.07, 6.45) is 3.59. The molecular weight excluding hydrogens is 262 g/mol. The van der Waals surface area contributed by atoms with Crippen LogP contribution in [0.15, 0.2) is 24.5 Å². The van der Waals surface area contributed by atoms with Crippen molar-refractivity contribution in [3.05, 3.63) is 35.8 Å². The highest BCUT2D eigenvalue weighted by Crippen LogP contribution is 2.24. The first kappa shape index (κ1) is 13.9. The molecule has 0 amide bonds. The lowest BCUT2D eigenvalue weighted by Crippen LogP contribution is -2.45. The second-order valence-corrected chi connectivity index (χ2v) is 5.61. The van der Waals surface area contributed by atoms with Crippen molar-refractivity contribution < 1.29 is 0 Å². The van der Waals surface area contributed by atoms with E-state index >= 15 is 0 Å². The van der Waals surface area contributed by atoms with Crippen LogP contribution in [0.2, 0.25) is 0 Å². The summed E-state index contributed by atoms with van der Waals surface area (Å²) >= 11 is 0. The number of pyridine rings is 1. The van der Waals surface area contributed by atoms with E-state index in [1.807, 2.05) is 18.3 Å². The standard InChI is InChI=1S/C16H21N5/c1-12-13(2)18-15(14-5-4-6-17-11-14)19-16(12)21-9-7-20(3)8-10-21/h4-6,11H,7-10H2,1-3H3. The maximum absolute atomic E-state index is 4.81. The smallest absolute Gasteiger partial charge is 0.163 e. The van der Waals surface area contributed by atoms with Crippen molar-refractivity contribution in [3.63, 3.8) is 0 Å². The normalized spacial score (nSPS) is 16.2. The van der Waals surface area contributed by atoms with Crippen LogP contribution < -0.4 is 4.90 Å². The maximum Gasteiger partial charge on any atom is 0.163 e. The van der Waals surface area contributed by atoms with Gasteiger partial charge in [0.1, 0.15) is 5.82 Å². The molecule has 0 saturated carbocycles. The molecule has 5 nitrogen and oxygen atoms in total. The van der Waals surface area contributed by atoms with Crippen molar-refractivity contribution in [3.8, 4) is 11.4 Å². The first-order valence-corrected chi connectivity index (χ1v) is 7.34. The molecule has 1 fully saturated rings. The lowest BCUT2D eigenvalue weighted by molar-refractivity contribution is 0.312. The first-order valence-electron chi connectivity index (χ1n) is 7.34. The Balaban J connectivity index is 1.98. The number of rotatable bonds is 2. The minimum atomic E-state index is 0.764. The number of nitrogens with zero attached hydrogens (tertiary/aromatic N) is 5. The molecule has 110 valence electrons. The van der Waals surface area contributed by atoms with E-state index in [4.69, 9.17) is 4.98 Å². The van der Waals surface area contributed by atoms with Crippen LogP contribution in [0.1, 0.15) is 11.3 Å². The molecule has 21 heavy (non-hydrogen) atoms. The van der Waals surface area contributed by atoms with Crippen LogP contribution in [0.4, 0.5) is 5.82 Å². The number of aryl methyl sites for hydroxylation is 1. The van der Waals surface area contributed by atoms with E-state index < -0.39 is 0 Å². The minimum absolute atomic E-state index is 0.764. The summed E-state index contributed by atoms with van der Waals surface area (Å²) in [5.74, 6) is 1.83. The van der Waals surface area contributed by atoms with Crippen LogP contribution in [0, 0.1) is 13.8 Å². The molecule has 0 atom stereocenters. The van der Waals surface area contributed by atoms with E-state index in [-0.39, 0.29) is 0 Å². The van der Waals surface area contributed by atoms with Gasteiger partial charge in [-0.3, -0.25) is 4.98 Å². The average molecular weight is 283 g/mol. The lowest BCUT2D eigenvalue weighted by Gasteiger charge is -2.34. The summed E-state index contributed by atoms with van der Waals surface area (Å²) in [6, 6.07) is 3.92. The van der Waals surface area contributed by atoms with E-state index in [1.54, 1.807) is 6.20 Å². The van der Waals surface area contributed by atoms with Crippen LogP contribution >= 0.6 is 0 Å². The van der Waals surface area contributed by atoms with Crippen LogP contribution in [-0.2, 0) is 0 Å². The Labute approximate surface area is 125 Å². The Hall–Kier alpha value is -2.01. The number of anilines is 1. The van der Waals surface area contributed by atoms with Gasteiger partial charge in [0.05, 0.1) is 0 Å². The Bertz CT molecular complexity index is 618. The van der Waals surface area contributed by atoms with Gasteiger partial charge in [-0.1, -0.05) is 0 Å². The van der Waals surface area contributed by atoms with Crippen LogP contribution in [0.5, 0.6) is 0 Å². The maximum atomic E-state index is 4.81. The predicted molar refractivity (Wildman–Crippen MR) is 84.4 cm³/mol. The molecule has 0 radical (unpaired) electrons. The molecule has 2 aromatic heterocycles. The van der Waals surface area contributed by atoms with Gasteiger partial charge in [-0.05, 0) is 33.0 Å². The van der Waals surface area contributed by atoms with Gasteiger partial charge in [-0.15, -0.1) is 0 Å². The Morgan fingerprint density at radius 3 is 2.48 bits per heavy atom. The third kappa shape index (κ3) is 2.88. The number of aromatic nitrogens is 3. The second kappa shape index (κ2) is 5.77. The SMILES string of the molecule is Cc1nc(-c2cccnc2)nc(N2CCN(C)CC2)c1C. The van der Waals surface area contributed by atoms with Gasteiger partial charge >= 0.3 is 0 Å². The van der Waals surface area contributed by atoms with Gasteiger partial charge in [0.25, 0.3) is 0 Å². The van der Waals surface area contributed by atoms with Gasteiger partial charge in [-0.25, -0.2) is 9.97 Å². The lowest BCUT2D eigenvalue weighted by atomic mass is 10.2. The van der Waals surface area contributed by atoms with Crippen LogP contribution in [0.25, 0.3) is 11.4 Å². The molecule has 3 rings (SSSR count). The molecule has 0 aromatic carbocycles. The fourth-order valence-electron chi connectivity index (χ4n) is 2.56. The topological polar surface area (TPSA) is 45.2 Å². The Morgan fingerprint density at radius 2 is 1.81 bits per heavy atom. The van der Waals surface area contributed by atoms with E-state index in [9.17, 15) is 0 Å². The van der Waals surface area contributed by atoms with Gasteiger partial charge in [0.2, 0.25) is 0 Å². The minimum Gasteiger partial charge on any atom is -0.354 e. The quantitative estimate of drug-likeness (QED) is 0.842. The van der Waals surface area contributed by atoms with Gasteiger partial charge in [0, 0.05) is 55.4 Å². The van der Waals surface area contributed by atoms with Crippen molar-refractivity contribution in [2.45, 2.75) is 13.8 Å². The molecule has 0 bridgehead atoms. The van der Waals surface area contributed by atoms with Crippen molar-refractivity contribution >= 4 is 5.82 Å². The Morgan fingerprint density at radius 1 is 1.05 bits per heavy atom. The highest BCUT2D eigenvalue weighted by atomic mass is 15.3. The fraction of sp³-hybridized carbons (Fsp3) is 0.438. The average Bonchev–Trinajstić information content (AvgIpc) is 2.52. The molecule has 1 saturated heterocycles. The molecule has 2 aromatic rings. The number of piperazine rings is 1. The Kier molecular flexibility index (Phi) is 3.84. The molecule has 3 heterocycles. The molecule has 5 heteroatoms. The highest BCUT2D eigenvalue weighted by Gasteiger charge is 2.19. The van der Waals surface area contributed by atoms with E-state index in [0.717, 1.165) is 49.1 Å². The summed E-state index contributed by atoms with van der Waals surface area (Å²) in [7, 11) is 2.16. The molecule has 0 N–H and O–H groups in total. The van der Waals surface area contributed by atoms with E-state index in [0.29, 0.717) is 0 Å². The number of hydrogen-bond acceptors (Lipinski definition) is 5. The van der Waals surface area contributed by atoms with Crippen molar-refractivity contribution in [1.29, 1.82) is 0 Å². The van der Waals surface area contributed by atoms with E-state index in [1.165, 1.54) is 5.56 Å². The van der Waals surface area contributed by atoms with Gasteiger partial charge < -0.3 is 9.80 Å². The summed E-state index contributed by atoms with van der Waals surface area (Å²) in [4.78, 5) is 18.3. The zero-order valence-electron chi connectivity index (χ0n) is 12.9. The van der Waals surface area contributed by atoms with Crippen molar-refractivity contribution in [1.82, 2.24) is 19.9 Å². The summed E-state index contributed by atoms with van der Waals surface area (Å²) in [5, 5.41) is 0. The molecule has 0 aliphatic carbocycles. The molecular formula is C16H21N5. The third-order valence-corrected chi connectivity index (χ3v) is 4.09. The zero-order chi connectivity index (χ0) is 14.8. The summed E-state index contributed by atoms with van der Waals surface area (Å²) in [5.41, 5.74) is 3.18. The molecule has 0 spiro atoms. The predicted octanol–water partition coefficient (Wildman–Crippen LogP) is 1.91. The van der Waals surface area contributed by atoms with Gasteiger partial charge in [0.15, 0.2) is 5.82 Å². The fourth-order valence-corrected chi connectivity index (χ4v) is 2.56. The van der Waals surface area contributed by atoms with Crippen molar-refractivity contribution in [2.75, 3.05) is 38.1 Å². The van der Waals surface area contributed by atoms with Gasteiger partial charge in [-0.2, -0.15) is 0 Å². The monoisotopic (exact) mass is 283 g/mol. The largest absolute Gasteiger partial charge is 0.354 e. The highest BCUT2D eigenvalue weighted by molar-refractivity contribution is 5.59. The number of likely N-dealkylation sites (N-methyl/N-ethyl adjacent to an activating group) is 1. The van der Waals surface area contributed by atoms with Crippen LogP contribution in [0.3, 0.4) is 0 Å².